The minimum absolute atomic E-state index is 0.0269. The summed E-state index contributed by atoms with van der Waals surface area (Å²) in [6.07, 6.45) is 6.74. The monoisotopic (exact) mass is 216 g/mol. The third kappa shape index (κ3) is 7.80. The van der Waals surface area contributed by atoms with Crippen LogP contribution in [0.4, 0.5) is 0 Å². The molecule has 0 aromatic heterocycles. The van der Waals surface area contributed by atoms with Crippen molar-refractivity contribution in [3.8, 4) is 0 Å². The van der Waals surface area contributed by atoms with Crippen LogP contribution in [0.1, 0.15) is 66.2 Å². The minimum Gasteiger partial charge on any atom is -0.391 e. The molecule has 2 unspecified atom stereocenters. The van der Waals surface area contributed by atoms with Crippen LogP contribution < -0.4 is 0 Å². The summed E-state index contributed by atoms with van der Waals surface area (Å²) in [5.74, 6) is 0. The highest BCUT2D eigenvalue weighted by Crippen LogP contribution is 2.25. The standard InChI is InChI=1S/C13H28O2/c1-5-7-8-10-13(4,9-6-2)15-11-12(3)14/h12,14H,5-11H2,1-4H3. The fourth-order valence-electron chi connectivity index (χ4n) is 1.87. The Morgan fingerprint density at radius 1 is 1.13 bits per heavy atom. The summed E-state index contributed by atoms with van der Waals surface area (Å²) >= 11 is 0. The molecule has 0 rings (SSSR count). The van der Waals surface area contributed by atoms with Crippen molar-refractivity contribution in [1.82, 2.24) is 0 Å². The largest absolute Gasteiger partial charge is 0.391 e. The number of aliphatic hydroxyl groups is 1. The van der Waals surface area contributed by atoms with Crippen LogP contribution in [-0.2, 0) is 4.74 Å². The van der Waals surface area contributed by atoms with Gasteiger partial charge in [-0.3, -0.25) is 0 Å². The number of unbranched alkanes of at least 4 members (excludes halogenated alkanes) is 2. The van der Waals surface area contributed by atoms with E-state index < -0.39 is 0 Å². The number of aliphatic hydroxyl groups excluding tert-OH is 1. The van der Waals surface area contributed by atoms with Gasteiger partial charge in [0, 0.05) is 0 Å². The zero-order valence-electron chi connectivity index (χ0n) is 10.9. The molecule has 0 aromatic rings. The zero-order valence-corrected chi connectivity index (χ0v) is 10.9. The lowest BCUT2D eigenvalue weighted by atomic mass is 9.93. The molecule has 15 heavy (non-hydrogen) atoms. The molecule has 0 aromatic carbocycles. The van der Waals surface area contributed by atoms with Crippen molar-refractivity contribution in [2.24, 2.45) is 0 Å². The molecule has 0 aliphatic carbocycles. The molecule has 1 N–H and O–H groups in total. The van der Waals surface area contributed by atoms with E-state index in [0.717, 1.165) is 19.3 Å². The van der Waals surface area contributed by atoms with Gasteiger partial charge in [-0.05, 0) is 26.7 Å². The Balaban J connectivity index is 3.94. The van der Waals surface area contributed by atoms with Gasteiger partial charge in [0.05, 0.1) is 18.3 Å². The molecule has 2 nitrogen and oxygen atoms in total. The second-order valence-corrected chi connectivity index (χ2v) is 4.82. The Hall–Kier alpha value is -0.0800. The van der Waals surface area contributed by atoms with Crippen LogP contribution >= 0.6 is 0 Å². The van der Waals surface area contributed by atoms with E-state index in [1.807, 2.05) is 0 Å². The molecule has 0 amide bonds. The highest BCUT2D eigenvalue weighted by Gasteiger charge is 2.23. The molecule has 2 atom stereocenters. The Kier molecular flexibility index (Phi) is 8.07. The molecule has 0 radical (unpaired) electrons. The summed E-state index contributed by atoms with van der Waals surface area (Å²) < 4.78 is 5.83. The first-order valence-electron chi connectivity index (χ1n) is 6.36. The van der Waals surface area contributed by atoms with Gasteiger partial charge in [0.1, 0.15) is 0 Å². The van der Waals surface area contributed by atoms with E-state index in [2.05, 4.69) is 20.8 Å². The molecule has 0 spiro atoms. The normalized spacial score (nSPS) is 17.4. The first-order valence-corrected chi connectivity index (χ1v) is 6.36. The molecular formula is C13H28O2. The molecule has 0 saturated carbocycles. The SMILES string of the molecule is CCCCCC(C)(CCC)OCC(C)O. The Bertz CT molecular complexity index is 145. The first-order chi connectivity index (χ1) is 7.04. The fourth-order valence-corrected chi connectivity index (χ4v) is 1.87. The highest BCUT2D eigenvalue weighted by atomic mass is 16.5. The van der Waals surface area contributed by atoms with Gasteiger partial charge in [-0.25, -0.2) is 0 Å². The predicted octanol–water partition coefficient (Wildman–Crippen LogP) is 3.52. The van der Waals surface area contributed by atoms with E-state index in [4.69, 9.17) is 4.74 Å². The van der Waals surface area contributed by atoms with Gasteiger partial charge in [0.2, 0.25) is 0 Å². The predicted molar refractivity (Wildman–Crippen MR) is 65.1 cm³/mol. The van der Waals surface area contributed by atoms with Crippen molar-refractivity contribution in [3.63, 3.8) is 0 Å². The molecule has 0 fully saturated rings. The third-order valence-corrected chi connectivity index (χ3v) is 2.76. The molecule has 0 heterocycles. The average Bonchev–Trinajstić information content (AvgIpc) is 2.16. The smallest absolute Gasteiger partial charge is 0.0745 e. The highest BCUT2D eigenvalue weighted by molar-refractivity contribution is 4.75. The summed E-state index contributed by atoms with van der Waals surface area (Å²) in [5, 5.41) is 9.23. The topological polar surface area (TPSA) is 29.5 Å². The molecule has 0 saturated heterocycles. The van der Waals surface area contributed by atoms with E-state index in [1.54, 1.807) is 6.92 Å². The van der Waals surface area contributed by atoms with Crippen LogP contribution in [-0.4, -0.2) is 23.4 Å². The molecule has 0 aliphatic heterocycles. The van der Waals surface area contributed by atoms with E-state index >= 15 is 0 Å². The Labute approximate surface area is 95.0 Å². The second-order valence-electron chi connectivity index (χ2n) is 4.82. The van der Waals surface area contributed by atoms with E-state index in [0.29, 0.717) is 6.61 Å². The summed E-state index contributed by atoms with van der Waals surface area (Å²) in [4.78, 5) is 0. The van der Waals surface area contributed by atoms with E-state index in [9.17, 15) is 5.11 Å². The van der Waals surface area contributed by atoms with Gasteiger partial charge >= 0.3 is 0 Å². The maximum Gasteiger partial charge on any atom is 0.0745 e. The maximum atomic E-state index is 9.23. The maximum absolute atomic E-state index is 9.23. The van der Waals surface area contributed by atoms with Gasteiger partial charge in [0.15, 0.2) is 0 Å². The van der Waals surface area contributed by atoms with Crippen LogP contribution in [0, 0.1) is 0 Å². The number of hydrogen-bond donors (Lipinski definition) is 1. The Morgan fingerprint density at radius 3 is 2.27 bits per heavy atom. The molecule has 0 bridgehead atoms. The number of rotatable bonds is 9. The van der Waals surface area contributed by atoms with Gasteiger partial charge in [-0.1, -0.05) is 39.5 Å². The lowest BCUT2D eigenvalue weighted by Crippen LogP contribution is -2.31. The van der Waals surface area contributed by atoms with Crippen LogP contribution in [0.5, 0.6) is 0 Å². The van der Waals surface area contributed by atoms with Gasteiger partial charge < -0.3 is 9.84 Å². The van der Waals surface area contributed by atoms with Gasteiger partial charge in [-0.2, -0.15) is 0 Å². The molecule has 2 heteroatoms. The summed E-state index contributed by atoms with van der Waals surface area (Å²) in [5.41, 5.74) is -0.0269. The summed E-state index contributed by atoms with van der Waals surface area (Å²) in [6.45, 7) is 8.81. The van der Waals surface area contributed by atoms with Crippen LogP contribution in [0.15, 0.2) is 0 Å². The van der Waals surface area contributed by atoms with Crippen LogP contribution in [0.25, 0.3) is 0 Å². The average molecular weight is 216 g/mol. The quantitative estimate of drug-likeness (QED) is 0.597. The van der Waals surface area contributed by atoms with E-state index in [1.165, 1.54) is 19.3 Å². The van der Waals surface area contributed by atoms with E-state index in [-0.39, 0.29) is 11.7 Å². The minimum atomic E-state index is -0.354. The fraction of sp³-hybridized carbons (Fsp3) is 1.00. The lowest BCUT2D eigenvalue weighted by molar-refractivity contribution is -0.0760. The molecule has 92 valence electrons. The van der Waals surface area contributed by atoms with Crippen molar-refractivity contribution in [2.45, 2.75) is 77.9 Å². The van der Waals surface area contributed by atoms with Crippen molar-refractivity contribution in [2.75, 3.05) is 6.61 Å². The van der Waals surface area contributed by atoms with Crippen molar-refractivity contribution in [3.05, 3.63) is 0 Å². The van der Waals surface area contributed by atoms with Gasteiger partial charge in [0.25, 0.3) is 0 Å². The van der Waals surface area contributed by atoms with Crippen molar-refractivity contribution >= 4 is 0 Å². The number of hydrogen-bond acceptors (Lipinski definition) is 2. The Morgan fingerprint density at radius 2 is 1.80 bits per heavy atom. The zero-order chi connectivity index (χ0) is 11.7. The molecule has 0 aliphatic rings. The lowest BCUT2D eigenvalue weighted by Gasteiger charge is -2.30. The van der Waals surface area contributed by atoms with Crippen molar-refractivity contribution in [1.29, 1.82) is 0 Å². The third-order valence-electron chi connectivity index (χ3n) is 2.76. The molecular weight excluding hydrogens is 188 g/mol. The first kappa shape index (κ1) is 14.9. The van der Waals surface area contributed by atoms with Crippen LogP contribution in [0.2, 0.25) is 0 Å². The number of ether oxygens (including phenoxy) is 1. The van der Waals surface area contributed by atoms with Gasteiger partial charge in [-0.15, -0.1) is 0 Å². The van der Waals surface area contributed by atoms with Crippen LogP contribution in [0.3, 0.4) is 0 Å². The second kappa shape index (κ2) is 8.12. The summed E-state index contributed by atoms with van der Waals surface area (Å²) in [6, 6.07) is 0. The van der Waals surface area contributed by atoms with Crippen molar-refractivity contribution < 1.29 is 9.84 Å². The summed E-state index contributed by atoms with van der Waals surface area (Å²) in [7, 11) is 0.